The molecule has 0 saturated carbocycles. The Bertz CT molecular complexity index is 754. The highest BCUT2D eigenvalue weighted by Crippen LogP contribution is 2.29. The van der Waals surface area contributed by atoms with E-state index in [9.17, 15) is 19.8 Å². The lowest BCUT2D eigenvalue weighted by molar-refractivity contribution is -0.136. The quantitative estimate of drug-likeness (QED) is 0.473. The first-order chi connectivity index (χ1) is 14.9. The van der Waals surface area contributed by atoms with E-state index in [1.165, 1.54) is 7.11 Å². The topological polar surface area (TPSA) is 121 Å². The summed E-state index contributed by atoms with van der Waals surface area (Å²) in [4.78, 5) is 28.2. The summed E-state index contributed by atoms with van der Waals surface area (Å²) in [5.41, 5.74) is 0.994. The van der Waals surface area contributed by atoms with Crippen LogP contribution in [0.4, 0.5) is 5.69 Å². The molecule has 10 heteroatoms. The Kier molecular flexibility index (Phi) is 8.08. The molecule has 2 saturated heterocycles. The van der Waals surface area contributed by atoms with Gasteiger partial charge in [-0.2, -0.15) is 0 Å². The van der Waals surface area contributed by atoms with Crippen molar-refractivity contribution in [1.82, 2.24) is 10.2 Å². The molecule has 10 nitrogen and oxygen atoms in total. The molecule has 0 aliphatic carbocycles. The average molecular weight is 437 g/mol. The van der Waals surface area contributed by atoms with E-state index in [1.807, 2.05) is 24.3 Å². The number of hydrogen-bond donors (Lipinski definition) is 3. The van der Waals surface area contributed by atoms with E-state index >= 15 is 0 Å². The van der Waals surface area contributed by atoms with Crippen LogP contribution in [-0.2, 0) is 19.1 Å². The second kappa shape index (κ2) is 10.8. The van der Waals surface area contributed by atoms with Crippen molar-refractivity contribution in [2.45, 2.75) is 30.8 Å². The van der Waals surface area contributed by atoms with Crippen molar-refractivity contribution in [3.8, 4) is 5.75 Å². The normalized spacial score (nSPS) is 26.1. The number of carbonyl (C=O) groups excluding carboxylic acids is 2. The summed E-state index contributed by atoms with van der Waals surface area (Å²) in [6.07, 6.45) is -4.00. The third-order valence-electron chi connectivity index (χ3n) is 5.67. The number of piperazine rings is 1. The number of nitrogens with zero attached hydrogens (tertiary/aromatic N) is 2. The summed E-state index contributed by atoms with van der Waals surface area (Å²) >= 11 is 0. The number of amides is 2. The summed E-state index contributed by atoms with van der Waals surface area (Å²) < 4.78 is 15.8. The minimum absolute atomic E-state index is 0.0304. The number of carbonyl (C=O) groups is 2. The fourth-order valence-electron chi connectivity index (χ4n) is 3.95. The van der Waals surface area contributed by atoms with Gasteiger partial charge in [0, 0.05) is 39.8 Å². The first-order valence-corrected chi connectivity index (χ1v) is 10.4. The first kappa shape index (κ1) is 23.3. The minimum Gasteiger partial charge on any atom is -0.495 e. The zero-order valence-electron chi connectivity index (χ0n) is 17.9. The van der Waals surface area contributed by atoms with E-state index in [0.717, 1.165) is 11.4 Å². The molecule has 0 spiro atoms. The predicted molar refractivity (Wildman–Crippen MR) is 112 cm³/mol. The van der Waals surface area contributed by atoms with Gasteiger partial charge in [0.2, 0.25) is 11.8 Å². The van der Waals surface area contributed by atoms with E-state index < -0.39 is 24.4 Å². The largest absolute Gasteiger partial charge is 0.495 e. The van der Waals surface area contributed by atoms with Gasteiger partial charge in [-0.15, -0.1) is 0 Å². The zero-order chi connectivity index (χ0) is 22.4. The number of ether oxygens (including phenoxy) is 3. The van der Waals surface area contributed by atoms with Crippen molar-refractivity contribution >= 4 is 17.5 Å². The Labute approximate surface area is 181 Å². The monoisotopic (exact) mass is 437 g/mol. The third-order valence-corrected chi connectivity index (χ3v) is 5.67. The molecule has 172 valence electrons. The van der Waals surface area contributed by atoms with Gasteiger partial charge >= 0.3 is 0 Å². The molecule has 4 unspecified atom stereocenters. The Morgan fingerprint density at radius 2 is 1.77 bits per heavy atom. The number of hydrogen-bond acceptors (Lipinski definition) is 8. The van der Waals surface area contributed by atoms with Crippen LogP contribution in [0.5, 0.6) is 5.75 Å². The molecule has 2 heterocycles. The van der Waals surface area contributed by atoms with Gasteiger partial charge in [-0.3, -0.25) is 9.59 Å². The van der Waals surface area contributed by atoms with Crippen molar-refractivity contribution in [2.75, 3.05) is 58.5 Å². The lowest BCUT2D eigenvalue weighted by Crippen LogP contribution is -2.50. The summed E-state index contributed by atoms with van der Waals surface area (Å²) in [5.74, 6) is 0.308. The molecule has 2 amide bonds. The summed E-state index contributed by atoms with van der Waals surface area (Å²) in [6.45, 7) is 2.34. The molecular formula is C21H31N3O7. The highest BCUT2D eigenvalue weighted by molar-refractivity contribution is 5.78. The van der Waals surface area contributed by atoms with Crippen LogP contribution in [-0.4, -0.2) is 105 Å². The molecule has 3 rings (SSSR count). The summed E-state index contributed by atoms with van der Waals surface area (Å²) in [7, 11) is 3.04. The maximum absolute atomic E-state index is 12.8. The lowest BCUT2D eigenvalue weighted by Gasteiger charge is -2.37. The van der Waals surface area contributed by atoms with Crippen LogP contribution in [0.25, 0.3) is 0 Å². The molecular weight excluding hydrogens is 406 g/mol. The first-order valence-electron chi connectivity index (χ1n) is 10.4. The van der Waals surface area contributed by atoms with Crippen molar-refractivity contribution < 1.29 is 34.0 Å². The van der Waals surface area contributed by atoms with Gasteiger partial charge in [0.25, 0.3) is 0 Å². The molecule has 0 radical (unpaired) electrons. The van der Waals surface area contributed by atoms with Gasteiger partial charge in [-0.25, -0.2) is 0 Å². The van der Waals surface area contributed by atoms with Crippen molar-refractivity contribution in [3.63, 3.8) is 0 Å². The zero-order valence-corrected chi connectivity index (χ0v) is 17.9. The van der Waals surface area contributed by atoms with Crippen LogP contribution in [0.2, 0.25) is 0 Å². The van der Waals surface area contributed by atoms with Gasteiger partial charge in [0.15, 0.2) is 0 Å². The number of rotatable bonds is 8. The maximum atomic E-state index is 12.8. The molecule has 4 atom stereocenters. The predicted octanol–water partition coefficient (Wildman–Crippen LogP) is -1.01. The van der Waals surface area contributed by atoms with Gasteiger partial charge in [-0.1, -0.05) is 12.1 Å². The maximum Gasteiger partial charge on any atom is 0.246 e. The van der Waals surface area contributed by atoms with Gasteiger partial charge < -0.3 is 39.5 Å². The third kappa shape index (κ3) is 5.65. The highest BCUT2D eigenvalue weighted by atomic mass is 16.5. The number of aliphatic hydroxyl groups excluding tert-OH is 2. The number of anilines is 1. The number of para-hydroxylation sites is 2. The van der Waals surface area contributed by atoms with Crippen LogP contribution in [0.3, 0.4) is 0 Å². The fraction of sp³-hybridized carbons (Fsp3) is 0.619. The summed E-state index contributed by atoms with van der Waals surface area (Å²) in [5, 5.41) is 23.1. The summed E-state index contributed by atoms with van der Waals surface area (Å²) in [6, 6.07) is 7.77. The molecule has 2 aliphatic rings. The number of aliphatic hydroxyl groups is 2. The molecule has 31 heavy (non-hydrogen) atoms. The number of methoxy groups -OCH3 is 2. The highest BCUT2D eigenvalue weighted by Gasteiger charge is 2.44. The van der Waals surface area contributed by atoms with Gasteiger partial charge in [-0.05, 0) is 12.1 Å². The Hall–Kier alpha value is -2.40. The second-order valence-electron chi connectivity index (χ2n) is 7.68. The Balaban J connectivity index is 1.49. The Morgan fingerprint density at radius 1 is 1.10 bits per heavy atom. The standard InChI is InChI=1S/C21H31N3O7/c1-29-13-18(25)22-12-17-21(28)20(27)16(31-17)11-19(26)24-9-7-23(8-10-24)14-5-3-4-6-15(14)30-2/h3-6,16-17,20-21,27-28H,7-13H2,1-2H3,(H,22,25). The van der Waals surface area contributed by atoms with Crippen LogP contribution in [0.15, 0.2) is 24.3 Å². The van der Waals surface area contributed by atoms with Gasteiger partial charge in [0.05, 0.1) is 25.3 Å². The fourth-order valence-corrected chi connectivity index (χ4v) is 3.95. The van der Waals surface area contributed by atoms with E-state index in [0.29, 0.717) is 26.2 Å². The number of nitrogens with one attached hydrogen (secondary N) is 1. The van der Waals surface area contributed by atoms with E-state index in [2.05, 4.69) is 10.2 Å². The molecule has 1 aromatic rings. The lowest BCUT2D eigenvalue weighted by atomic mass is 10.0. The van der Waals surface area contributed by atoms with Gasteiger partial charge in [0.1, 0.15) is 30.7 Å². The van der Waals surface area contributed by atoms with E-state index in [4.69, 9.17) is 14.2 Å². The molecule has 0 bridgehead atoms. The molecule has 3 N–H and O–H groups in total. The van der Waals surface area contributed by atoms with Crippen molar-refractivity contribution in [2.24, 2.45) is 0 Å². The second-order valence-corrected chi connectivity index (χ2v) is 7.68. The Morgan fingerprint density at radius 3 is 2.45 bits per heavy atom. The van der Waals surface area contributed by atoms with Crippen LogP contribution >= 0.6 is 0 Å². The molecule has 0 aromatic heterocycles. The average Bonchev–Trinajstić information content (AvgIpc) is 3.05. The molecule has 2 fully saturated rings. The number of benzene rings is 1. The van der Waals surface area contributed by atoms with Crippen molar-refractivity contribution in [3.05, 3.63) is 24.3 Å². The van der Waals surface area contributed by atoms with Crippen molar-refractivity contribution in [1.29, 1.82) is 0 Å². The van der Waals surface area contributed by atoms with Crippen LogP contribution in [0.1, 0.15) is 6.42 Å². The van der Waals surface area contributed by atoms with E-state index in [-0.39, 0.29) is 31.4 Å². The van der Waals surface area contributed by atoms with Crippen LogP contribution < -0.4 is 15.0 Å². The molecule has 2 aliphatic heterocycles. The van der Waals surface area contributed by atoms with Crippen LogP contribution in [0, 0.1) is 0 Å². The smallest absolute Gasteiger partial charge is 0.246 e. The van der Waals surface area contributed by atoms with E-state index in [1.54, 1.807) is 12.0 Å². The molecule has 1 aromatic carbocycles. The minimum atomic E-state index is -1.19. The SMILES string of the molecule is COCC(=O)NCC1OC(CC(=O)N2CCN(c3ccccc3OC)CC2)C(O)C1O.